The summed E-state index contributed by atoms with van der Waals surface area (Å²) < 4.78 is 0. The molecule has 0 fully saturated rings. The number of hydrogen-bond acceptors (Lipinski definition) is 2. The van der Waals surface area contributed by atoms with Gasteiger partial charge in [-0.1, -0.05) is 52.2 Å². The second-order valence-corrected chi connectivity index (χ2v) is 6.95. The Kier molecular flexibility index (Phi) is 7.55. The zero-order valence-electron chi connectivity index (χ0n) is 13.0. The van der Waals surface area contributed by atoms with E-state index in [1.54, 1.807) is 11.8 Å². The van der Waals surface area contributed by atoms with Crippen LogP contribution in [0.3, 0.4) is 0 Å². The number of nitrogens with one attached hydrogen (secondary N) is 1. The Morgan fingerprint density at radius 1 is 1.11 bits per heavy atom. The van der Waals surface area contributed by atoms with Gasteiger partial charge in [-0.05, 0) is 35.8 Å². The highest BCUT2D eigenvalue weighted by Crippen LogP contribution is 2.23. The molecule has 0 saturated carbocycles. The van der Waals surface area contributed by atoms with Crippen LogP contribution in [0, 0.1) is 5.41 Å². The van der Waals surface area contributed by atoms with Crippen molar-refractivity contribution in [1.29, 1.82) is 0 Å². The topological polar surface area (TPSA) is 12.0 Å². The first-order valence-electron chi connectivity index (χ1n) is 7.41. The smallest absolute Gasteiger partial charge is 0.0205 e. The van der Waals surface area contributed by atoms with Crippen LogP contribution in [0.4, 0.5) is 0 Å². The fourth-order valence-corrected chi connectivity index (χ4v) is 2.64. The number of benzene rings is 1. The summed E-state index contributed by atoms with van der Waals surface area (Å²) in [6, 6.07) is 8.86. The van der Waals surface area contributed by atoms with Crippen molar-refractivity contribution in [3.8, 4) is 0 Å². The molecule has 1 N–H and O–H groups in total. The Morgan fingerprint density at radius 3 is 2.37 bits per heavy atom. The first-order chi connectivity index (χ1) is 9.07. The molecule has 0 unspecified atom stereocenters. The van der Waals surface area contributed by atoms with Gasteiger partial charge in [-0.2, -0.15) is 0 Å². The fraction of sp³-hybridized carbons (Fsp3) is 0.647. The molecule has 108 valence electrons. The highest BCUT2D eigenvalue weighted by atomic mass is 32.2. The summed E-state index contributed by atoms with van der Waals surface area (Å²) in [6.07, 6.45) is 7.46. The summed E-state index contributed by atoms with van der Waals surface area (Å²) in [7, 11) is 0. The van der Waals surface area contributed by atoms with Crippen molar-refractivity contribution in [2.45, 2.75) is 57.9 Å². The summed E-state index contributed by atoms with van der Waals surface area (Å²) in [5.41, 5.74) is 1.79. The van der Waals surface area contributed by atoms with Gasteiger partial charge in [-0.15, -0.1) is 11.8 Å². The van der Waals surface area contributed by atoms with Crippen molar-refractivity contribution < 1.29 is 0 Å². The second kappa shape index (κ2) is 8.65. The molecule has 0 bridgehead atoms. The van der Waals surface area contributed by atoms with Crippen LogP contribution < -0.4 is 5.32 Å². The highest BCUT2D eigenvalue weighted by molar-refractivity contribution is 7.98. The van der Waals surface area contributed by atoms with E-state index in [1.165, 1.54) is 36.1 Å². The Morgan fingerprint density at radius 2 is 1.79 bits per heavy atom. The molecule has 2 heteroatoms. The van der Waals surface area contributed by atoms with Gasteiger partial charge in [0.25, 0.3) is 0 Å². The molecule has 0 radical (unpaired) electrons. The van der Waals surface area contributed by atoms with Crippen LogP contribution in [0.5, 0.6) is 0 Å². The van der Waals surface area contributed by atoms with Gasteiger partial charge in [0.2, 0.25) is 0 Å². The number of unbranched alkanes of at least 4 members (excludes halogenated alkanes) is 2. The van der Waals surface area contributed by atoms with Crippen molar-refractivity contribution in [1.82, 2.24) is 5.32 Å². The summed E-state index contributed by atoms with van der Waals surface area (Å²) in [5, 5.41) is 3.60. The van der Waals surface area contributed by atoms with Crippen LogP contribution in [0.15, 0.2) is 29.2 Å². The molecule has 1 nitrogen and oxygen atoms in total. The number of hydrogen-bond donors (Lipinski definition) is 1. The van der Waals surface area contributed by atoms with Crippen molar-refractivity contribution >= 4 is 11.8 Å². The van der Waals surface area contributed by atoms with E-state index >= 15 is 0 Å². The van der Waals surface area contributed by atoms with Crippen LogP contribution >= 0.6 is 11.8 Å². The van der Waals surface area contributed by atoms with Gasteiger partial charge in [0, 0.05) is 18.0 Å². The maximum absolute atomic E-state index is 3.60. The predicted molar refractivity (Wildman–Crippen MR) is 87.9 cm³/mol. The Labute approximate surface area is 123 Å². The molecule has 19 heavy (non-hydrogen) atoms. The van der Waals surface area contributed by atoms with Crippen LogP contribution in [0.2, 0.25) is 0 Å². The lowest BCUT2D eigenvalue weighted by Gasteiger charge is -2.25. The first-order valence-corrected chi connectivity index (χ1v) is 8.63. The van der Waals surface area contributed by atoms with Crippen molar-refractivity contribution in [2.24, 2.45) is 5.41 Å². The lowest BCUT2D eigenvalue weighted by molar-refractivity contribution is 0.302. The normalized spacial score (nSPS) is 11.8. The van der Waals surface area contributed by atoms with E-state index in [0.29, 0.717) is 5.41 Å². The molecule has 1 rings (SSSR count). The molecule has 0 aliphatic heterocycles. The Hall–Kier alpha value is -0.470. The SMILES string of the molecule is CCCCCC(C)(C)CNCc1ccc(SC)cc1. The molecule has 1 aromatic rings. The third-order valence-corrected chi connectivity index (χ3v) is 4.29. The largest absolute Gasteiger partial charge is 0.312 e. The van der Waals surface area contributed by atoms with E-state index in [4.69, 9.17) is 0 Å². The van der Waals surface area contributed by atoms with Crippen molar-refractivity contribution in [3.63, 3.8) is 0 Å². The lowest BCUT2D eigenvalue weighted by Crippen LogP contribution is -2.29. The molecule has 1 aromatic carbocycles. The predicted octanol–water partition coefficient (Wildman–Crippen LogP) is 5.10. The molecular weight excluding hydrogens is 250 g/mol. The fourth-order valence-electron chi connectivity index (χ4n) is 2.23. The van der Waals surface area contributed by atoms with E-state index in [-0.39, 0.29) is 0 Å². The molecule has 0 aromatic heterocycles. The summed E-state index contributed by atoms with van der Waals surface area (Å²) in [5.74, 6) is 0. The molecule has 0 aliphatic rings. The monoisotopic (exact) mass is 279 g/mol. The van der Waals surface area contributed by atoms with Gasteiger partial charge in [-0.3, -0.25) is 0 Å². The van der Waals surface area contributed by atoms with E-state index in [2.05, 4.69) is 56.6 Å². The van der Waals surface area contributed by atoms with Gasteiger partial charge in [0.15, 0.2) is 0 Å². The highest BCUT2D eigenvalue weighted by Gasteiger charge is 2.16. The van der Waals surface area contributed by atoms with Gasteiger partial charge >= 0.3 is 0 Å². The van der Waals surface area contributed by atoms with E-state index < -0.39 is 0 Å². The summed E-state index contributed by atoms with van der Waals surface area (Å²) >= 11 is 1.80. The molecule has 0 heterocycles. The minimum absolute atomic E-state index is 0.411. The summed E-state index contributed by atoms with van der Waals surface area (Å²) in [6.45, 7) is 9.08. The van der Waals surface area contributed by atoms with Crippen LogP contribution in [0.25, 0.3) is 0 Å². The first kappa shape index (κ1) is 16.6. The lowest BCUT2D eigenvalue weighted by atomic mass is 9.87. The van der Waals surface area contributed by atoms with Gasteiger partial charge < -0.3 is 5.32 Å². The third-order valence-electron chi connectivity index (χ3n) is 3.55. The molecule has 0 saturated heterocycles. The quantitative estimate of drug-likeness (QED) is 0.498. The van der Waals surface area contributed by atoms with Crippen molar-refractivity contribution in [3.05, 3.63) is 29.8 Å². The number of thioether (sulfide) groups is 1. The standard InChI is InChI=1S/C17H29NS/c1-5-6-7-12-17(2,3)14-18-13-15-8-10-16(19-4)11-9-15/h8-11,18H,5-7,12-14H2,1-4H3. The second-order valence-electron chi connectivity index (χ2n) is 6.07. The van der Waals surface area contributed by atoms with E-state index in [9.17, 15) is 0 Å². The molecule has 0 amide bonds. The van der Waals surface area contributed by atoms with Gasteiger partial charge in [0.05, 0.1) is 0 Å². The third kappa shape index (κ3) is 7.03. The van der Waals surface area contributed by atoms with Crippen LogP contribution in [-0.4, -0.2) is 12.8 Å². The van der Waals surface area contributed by atoms with Crippen molar-refractivity contribution in [2.75, 3.05) is 12.8 Å². The minimum Gasteiger partial charge on any atom is -0.312 e. The van der Waals surface area contributed by atoms with Crippen LogP contribution in [0.1, 0.15) is 52.0 Å². The van der Waals surface area contributed by atoms with E-state index in [0.717, 1.165) is 13.1 Å². The summed E-state index contributed by atoms with van der Waals surface area (Å²) in [4.78, 5) is 1.34. The Bertz CT molecular complexity index is 343. The average molecular weight is 279 g/mol. The maximum atomic E-state index is 3.60. The van der Waals surface area contributed by atoms with Gasteiger partial charge in [-0.25, -0.2) is 0 Å². The maximum Gasteiger partial charge on any atom is 0.0205 e. The molecule has 0 spiro atoms. The van der Waals surface area contributed by atoms with Gasteiger partial charge in [0.1, 0.15) is 0 Å². The minimum atomic E-state index is 0.411. The zero-order valence-corrected chi connectivity index (χ0v) is 13.8. The average Bonchev–Trinajstić information content (AvgIpc) is 2.39. The van der Waals surface area contributed by atoms with Crippen LogP contribution in [-0.2, 0) is 6.54 Å². The van der Waals surface area contributed by atoms with E-state index in [1.807, 2.05) is 0 Å². The Balaban J connectivity index is 2.27. The molecule has 0 aliphatic carbocycles. The zero-order chi connectivity index (χ0) is 14.1. The number of rotatable bonds is 9. The molecular formula is C17H29NS. The molecule has 0 atom stereocenters.